The maximum Gasteiger partial charge on any atom is 0.262 e. The van der Waals surface area contributed by atoms with Crippen molar-refractivity contribution >= 4 is 43.8 Å². The van der Waals surface area contributed by atoms with Crippen molar-refractivity contribution in [1.29, 1.82) is 0 Å². The maximum atomic E-state index is 12.4. The molecule has 0 bridgehead atoms. The SMILES string of the molecule is CCn1nc(C)c(C(=O)Nc2nc3c(s2)CS(=O)(=O)CC3)c1Cl. The molecular weight excluding hydrogens is 360 g/mol. The van der Waals surface area contributed by atoms with Crippen LogP contribution in [0.3, 0.4) is 0 Å². The quantitative estimate of drug-likeness (QED) is 0.887. The van der Waals surface area contributed by atoms with Crippen molar-refractivity contribution in [3.05, 3.63) is 27.0 Å². The molecule has 0 saturated heterocycles. The van der Waals surface area contributed by atoms with E-state index in [9.17, 15) is 13.2 Å². The lowest BCUT2D eigenvalue weighted by atomic mass is 10.2. The number of sulfone groups is 1. The maximum absolute atomic E-state index is 12.4. The van der Waals surface area contributed by atoms with E-state index in [1.807, 2.05) is 6.92 Å². The zero-order valence-electron chi connectivity index (χ0n) is 12.6. The minimum absolute atomic E-state index is 0.0105. The van der Waals surface area contributed by atoms with Gasteiger partial charge in [0.2, 0.25) is 0 Å². The molecule has 3 rings (SSSR count). The molecule has 0 aromatic carbocycles. The summed E-state index contributed by atoms with van der Waals surface area (Å²) in [5.74, 6) is -0.296. The average Bonchev–Trinajstić information content (AvgIpc) is 2.97. The van der Waals surface area contributed by atoms with Crippen LogP contribution in [0.1, 0.15) is 33.5 Å². The van der Waals surface area contributed by atoms with E-state index in [0.717, 1.165) is 5.69 Å². The highest BCUT2D eigenvalue weighted by atomic mass is 35.5. The number of amides is 1. The van der Waals surface area contributed by atoms with Gasteiger partial charge in [-0.3, -0.25) is 14.8 Å². The summed E-state index contributed by atoms with van der Waals surface area (Å²) < 4.78 is 24.9. The summed E-state index contributed by atoms with van der Waals surface area (Å²) in [5.41, 5.74) is 1.60. The number of aromatic nitrogens is 3. The van der Waals surface area contributed by atoms with Crippen LogP contribution in [0.5, 0.6) is 0 Å². The second kappa shape index (κ2) is 5.88. The Morgan fingerprint density at radius 3 is 2.87 bits per heavy atom. The third kappa shape index (κ3) is 3.13. The Morgan fingerprint density at radius 1 is 1.48 bits per heavy atom. The largest absolute Gasteiger partial charge is 0.298 e. The van der Waals surface area contributed by atoms with Crippen molar-refractivity contribution in [1.82, 2.24) is 14.8 Å². The Hall–Kier alpha value is -1.45. The summed E-state index contributed by atoms with van der Waals surface area (Å²) in [6.45, 7) is 4.16. The summed E-state index contributed by atoms with van der Waals surface area (Å²) in [7, 11) is -3.05. The Bertz CT molecular complexity index is 885. The van der Waals surface area contributed by atoms with Gasteiger partial charge >= 0.3 is 0 Å². The number of hydrogen-bond acceptors (Lipinski definition) is 6. The smallest absolute Gasteiger partial charge is 0.262 e. The second-order valence-corrected chi connectivity index (χ2v) is 8.88. The van der Waals surface area contributed by atoms with Crippen molar-refractivity contribution in [2.45, 2.75) is 32.6 Å². The van der Waals surface area contributed by atoms with Gasteiger partial charge in [-0.1, -0.05) is 11.6 Å². The molecule has 0 unspecified atom stereocenters. The van der Waals surface area contributed by atoms with Gasteiger partial charge in [0.1, 0.15) is 5.15 Å². The zero-order chi connectivity index (χ0) is 16.8. The minimum Gasteiger partial charge on any atom is -0.298 e. The summed E-state index contributed by atoms with van der Waals surface area (Å²) in [6.07, 6.45) is 0.386. The highest BCUT2D eigenvalue weighted by Crippen LogP contribution is 2.30. The second-order valence-electron chi connectivity index (χ2n) is 5.25. The molecule has 0 atom stereocenters. The van der Waals surface area contributed by atoms with Crippen LogP contribution in [0, 0.1) is 6.92 Å². The molecule has 0 spiro atoms. The summed E-state index contributed by atoms with van der Waals surface area (Å²) in [5, 5.41) is 7.57. The van der Waals surface area contributed by atoms with Gasteiger partial charge in [-0.15, -0.1) is 11.3 Å². The molecule has 2 aromatic heterocycles. The van der Waals surface area contributed by atoms with Gasteiger partial charge in [0, 0.05) is 17.8 Å². The number of fused-ring (bicyclic) bond motifs is 1. The van der Waals surface area contributed by atoms with E-state index in [1.165, 1.54) is 11.3 Å². The number of hydrogen-bond donors (Lipinski definition) is 1. The number of thiazole rings is 1. The number of carbonyl (C=O) groups excluding carboxylic acids is 1. The topological polar surface area (TPSA) is 93.9 Å². The lowest BCUT2D eigenvalue weighted by Crippen LogP contribution is -2.17. The van der Waals surface area contributed by atoms with E-state index in [1.54, 1.807) is 11.6 Å². The number of carbonyl (C=O) groups is 1. The first kappa shape index (κ1) is 16.4. The van der Waals surface area contributed by atoms with E-state index >= 15 is 0 Å². The summed E-state index contributed by atoms with van der Waals surface area (Å²) in [4.78, 5) is 17.4. The fourth-order valence-corrected chi connectivity index (χ4v) is 5.62. The number of nitrogens with zero attached hydrogens (tertiary/aromatic N) is 3. The summed E-state index contributed by atoms with van der Waals surface area (Å²) in [6, 6.07) is 0. The van der Waals surface area contributed by atoms with Gasteiger partial charge in [-0.25, -0.2) is 13.4 Å². The molecular formula is C13H15ClN4O3S2. The van der Waals surface area contributed by atoms with Gasteiger partial charge in [-0.05, 0) is 13.8 Å². The number of anilines is 1. The van der Waals surface area contributed by atoms with Crippen molar-refractivity contribution in [3.63, 3.8) is 0 Å². The van der Waals surface area contributed by atoms with E-state index in [-0.39, 0.29) is 22.6 Å². The van der Waals surface area contributed by atoms with Crippen molar-refractivity contribution < 1.29 is 13.2 Å². The van der Waals surface area contributed by atoms with Crippen molar-refractivity contribution in [2.24, 2.45) is 0 Å². The molecule has 1 aliphatic rings. The van der Waals surface area contributed by atoms with Crippen LogP contribution in [0.25, 0.3) is 0 Å². The van der Waals surface area contributed by atoms with Crippen LogP contribution < -0.4 is 5.32 Å². The lowest BCUT2D eigenvalue weighted by Gasteiger charge is -2.08. The number of nitrogens with one attached hydrogen (secondary N) is 1. The predicted molar refractivity (Wildman–Crippen MR) is 88.9 cm³/mol. The molecule has 0 aliphatic carbocycles. The molecule has 3 heterocycles. The molecule has 7 nitrogen and oxygen atoms in total. The molecule has 0 radical (unpaired) electrons. The van der Waals surface area contributed by atoms with Crippen LogP contribution in [0.15, 0.2) is 0 Å². The van der Waals surface area contributed by atoms with Crippen molar-refractivity contribution in [2.75, 3.05) is 11.1 Å². The van der Waals surface area contributed by atoms with E-state index in [0.29, 0.717) is 34.2 Å². The van der Waals surface area contributed by atoms with E-state index in [4.69, 9.17) is 11.6 Å². The fourth-order valence-electron chi connectivity index (χ4n) is 2.45. The molecule has 1 amide bonds. The van der Waals surface area contributed by atoms with Crippen LogP contribution in [-0.2, 0) is 28.6 Å². The predicted octanol–water partition coefficient (Wildman–Crippen LogP) is 2.04. The standard InChI is InChI=1S/C13H15ClN4O3S2/c1-3-18-11(14)10(7(2)17-18)12(19)16-13-15-8-4-5-23(20,21)6-9(8)22-13/h3-6H2,1-2H3,(H,15,16,19). The zero-order valence-corrected chi connectivity index (χ0v) is 15.0. The first-order chi connectivity index (χ1) is 10.8. The van der Waals surface area contributed by atoms with Gasteiger partial charge in [0.25, 0.3) is 5.91 Å². The van der Waals surface area contributed by atoms with Crippen LogP contribution in [0.4, 0.5) is 5.13 Å². The molecule has 0 fully saturated rings. The Balaban J connectivity index is 1.85. The first-order valence-electron chi connectivity index (χ1n) is 7.04. The number of aryl methyl sites for hydroxylation is 3. The fraction of sp³-hybridized carbons (Fsp3) is 0.462. The molecule has 10 heteroatoms. The normalized spacial score (nSPS) is 16.1. The van der Waals surface area contributed by atoms with Crippen LogP contribution in [0.2, 0.25) is 5.15 Å². The van der Waals surface area contributed by atoms with Gasteiger partial charge in [-0.2, -0.15) is 5.10 Å². The molecule has 2 aromatic rings. The Morgan fingerprint density at radius 2 is 2.22 bits per heavy atom. The highest BCUT2D eigenvalue weighted by molar-refractivity contribution is 7.90. The first-order valence-corrected chi connectivity index (χ1v) is 10.1. The number of rotatable bonds is 3. The summed E-state index contributed by atoms with van der Waals surface area (Å²) >= 11 is 7.36. The highest BCUT2D eigenvalue weighted by Gasteiger charge is 2.26. The minimum atomic E-state index is -3.05. The third-order valence-electron chi connectivity index (χ3n) is 3.59. The molecule has 124 valence electrons. The van der Waals surface area contributed by atoms with E-state index in [2.05, 4.69) is 15.4 Å². The molecule has 23 heavy (non-hydrogen) atoms. The van der Waals surface area contributed by atoms with Gasteiger partial charge in [0.05, 0.1) is 28.5 Å². The third-order valence-corrected chi connectivity index (χ3v) is 6.73. The Labute approximate surface area is 142 Å². The molecule has 1 N–H and O–H groups in total. The van der Waals surface area contributed by atoms with E-state index < -0.39 is 9.84 Å². The van der Waals surface area contributed by atoms with Crippen LogP contribution in [-0.4, -0.2) is 34.8 Å². The van der Waals surface area contributed by atoms with Crippen molar-refractivity contribution in [3.8, 4) is 0 Å². The van der Waals surface area contributed by atoms with Gasteiger partial charge < -0.3 is 0 Å². The monoisotopic (exact) mass is 374 g/mol. The van der Waals surface area contributed by atoms with Gasteiger partial charge in [0.15, 0.2) is 15.0 Å². The average molecular weight is 375 g/mol. The lowest BCUT2D eigenvalue weighted by molar-refractivity contribution is 0.102. The van der Waals surface area contributed by atoms with Crippen LogP contribution >= 0.6 is 22.9 Å². The molecule has 0 saturated carbocycles. The number of halogens is 1. The molecule has 1 aliphatic heterocycles. The Kier molecular flexibility index (Phi) is 4.19.